The third-order valence-electron chi connectivity index (χ3n) is 3.33. The molecule has 0 aromatic heterocycles. The Hall–Kier alpha value is -0.830. The molecule has 0 radical (unpaired) electrons. The fourth-order valence-corrected chi connectivity index (χ4v) is 2.29. The van der Waals surface area contributed by atoms with Crippen molar-refractivity contribution in [1.82, 2.24) is 4.90 Å². The van der Waals surface area contributed by atoms with Gasteiger partial charge in [-0.15, -0.1) is 6.58 Å². The summed E-state index contributed by atoms with van der Waals surface area (Å²) in [7, 11) is 0. The Kier molecular flexibility index (Phi) is 5.86. The van der Waals surface area contributed by atoms with E-state index in [9.17, 15) is 0 Å². The maximum Gasteiger partial charge on any atom is 0.0573 e. The van der Waals surface area contributed by atoms with Crippen LogP contribution in [-0.2, 0) is 5.54 Å². The molecule has 1 unspecified atom stereocenters. The summed E-state index contributed by atoms with van der Waals surface area (Å²) in [6.45, 7) is 11.0. The van der Waals surface area contributed by atoms with Gasteiger partial charge in [0.15, 0.2) is 0 Å². The molecule has 0 aliphatic carbocycles. The first-order valence-corrected chi connectivity index (χ1v) is 6.81. The molecule has 0 bridgehead atoms. The van der Waals surface area contributed by atoms with Crippen molar-refractivity contribution in [3.8, 4) is 0 Å². The summed E-state index contributed by atoms with van der Waals surface area (Å²) in [6, 6.07) is 7.80. The quantitative estimate of drug-likeness (QED) is 0.767. The summed E-state index contributed by atoms with van der Waals surface area (Å²) in [4.78, 5) is 2.33. The van der Waals surface area contributed by atoms with Gasteiger partial charge in [-0.25, -0.2) is 0 Å². The van der Waals surface area contributed by atoms with Crippen molar-refractivity contribution >= 4 is 11.6 Å². The number of hydrogen-bond donors (Lipinski definition) is 1. The molecule has 3 heteroatoms. The monoisotopic (exact) mass is 266 g/mol. The number of likely N-dealkylation sites (N-methyl/N-ethyl adjacent to an activating group) is 1. The molecule has 1 aromatic carbocycles. The first-order valence-electron chi connectivity index (χ1n) is 6.44. The highest BCUT2D eigenvalue weighted by atomic mass is 35.5. The smallest absolute Gasteiger partial charge is 0.0573 e. The molecular weight excluding hydrogens is 244 g/mol. The Bertz CT molecular complexity index is 371. The second kappa shape index (κ2) is 6.93. The second-order valence-electron chi connectivity index (χ2n) is 4.62. The lowest BCUT2D eigenvalue weighted by Crippen LogP contribution is -2.47. The number of rotatable bonds is 7. The molecule has 18 heavy (non-hydrogen) atoms. The zero-order chi connectivity index (χ0) is 13.6. The van der Waals surface area contributed by atoms with E-state index in [0.717, 1.165) is 36.6 Å². The van der Waals surface area contributed by atoms with Crippen LogP contribution in [0.2, 0.25) is 5.02 Å². The van der Waals surface area contributed by atoms with Crippen LogP contribution in [0.15, 0.2) is 36.9 Å². The minimum Gasteiger partial charge on any atom is -0.320 e. The third kappa shape index (κ3) is 3.84. The first kappa shape index (κ1) is 15.2. The second-order valence-corrected chi connectivity index (χ2v) is 5.05. The predicted octanol–water partition coefficient (Wildman–Crippen LogP) is 3.41. The minimum atomic E-state index is -0.391. The van der Waals surface area contributed by atoms with Gasteiger partial charge in [-0.1, -0.05) is 43.7 Å². The molecular formula is C15H23ClN2. The third-order valence-corrected chi connectivity index (χ3v) is 3.58. The zero-order valence-electron chi connectivity index (χ0n) is 11.3. The average Bonchev–Trinajstić information content (AvgIpc) is 2.37. The largest absolute Gasteiger partial charge is 0.320 e. The molecule has 0 fully saturated rings. The lowest BCUT2D eigenvalue weighted by molar-refractivity contribution is 0.226. The molecule has 0 aliphatic heterocycles. The Morgan fingerprint density at radius 1 is 1.28 bits per heavy atom. The van der Waals surface area contributed by atoms with E-state index in [4.69, 9.17) is 17.3 Å². The van der Waals surface area contributed by atoms with E-state index in [1.54, 1.807) is 0 Å². The molecule has 0 saturated carbocycles. The summed E-state index contributed by atoms with van der Waals surface area (Å²) in [6.07, 6.45) is 2.64. The lowest BCUT2D eigenvalue weighted by Gasteiger charge is -2.34. The van der Waals surface area contributed by atoms with Crippen LogP contribution < -0.4 is 5.73 Å². The van der Waals surface area contributed by atoms with Crippen LogP contribution in [0.25, 0.3) is 0 Å². The molecule has 1 aromatic rings. The van der Waals surface area contributed by atoms with Crippen LogP contribution in [0.4, 0.5) is 0 Å². The van der Waals surface area contributed by atoms with E-state index in [1.807, 2.05) is 30.3 Å². The van der Waals surface area contributed by atoms with Gasteiger partial charge in [-0.3, -0.25) is 0 Å². The summed E-state index contributed by atoms with van der Waals surface area (Å²) in [5.74, 6) is 0. The van der Waals surface area contributed by atoms with Gasteiger partial charge in [0.05, 0.1) is 5.54 Å². The fraction of sp³-hybridized carbons (Fsp3) is 0.467. The Balaban J connectivity index is 2.98. The van der Waals surface area contributed by atoms with Gasteiger partial charge in [-0.05, 0) is 37.2 Å². The van der Waals surface area contributed by atoms with Crippen LogP contribution in [-0.4, -0.2) is 24.5 Å². The standard InChI is InChI=1S/C15H23ClN2/c1-4-11-15(17,12-18(5-2)6-3)13-7-9-14(16)10-8-13/h4,7-10H,1,5-6,11-12,17H2,2-3H3. The number of hydrogen-bond acceptors (Lipinski definition) is 2. The summed E-state index contributed by atoms with van der Waals surface area (Å²) < 4.78 is 0. The highest BCUT2D eigenvalue weighted by Crippen LogP contribution is 2.25. The van der Waals surface area contributed by atoms with E-state index in [2.05, 4.69) is 25.3 Å². The fourth-order valence-electron chi connectivity index (χ4n) is 2.16. The van der Waals surface area contributed by atoms with Crippen LogP contribution in [0.1, 0.15) is 25.8 Å². The van der Waals surface area contributed by atoms with Crippen molar-refractivity contribution in [2.75, 3.05) is 19.6 Å². The molecule has 2 nitrogen and oxygen atoms in total. The molecule has 0 amide bonds. The minimum absolute atomic E-state index is 0.391. The maximum absolute atomic E-state index is 6.58. The molecule has 0 heterocycles. The van der Waals surface area contributed by atoms with Crippen LogP contribution in [0.3, 0.4) is 0 Å². The molecule has 0 spiro atoms. The summed E-state index contributed by atoms with van der Waals surface area (Å²) >= 11 is 5.93. The van der Waals surface area contributed by atoms with Gasteiger partial charge in [0.25, 0.3) is 0 Å². The first-order chi connectivity index (χ1) is 8.55. The summed E-state index contributed by atoms with van der Waals surface area (Å²) in [5, 5.41) is 0.738. The van der Waals surface area contributed by atoms with E-state index >= 15 is 0 Å². The van der Waals surface area contributed by atoms with Crippen LogP contribution in [0.5, 0.6) is 0 Å². The van der Waals surface area contributed by atoms with Gasteiger partial charge in [0.2, 0.25) is 0 Å². The van der Waals surface area contributed by atoms with E-state index in [1.165, 1.54) is 0 Å². The van der Waals surface area contributed by atoms with Crippen molar-refractivity contribution < 1.29 is 0 Å². The van der Waals surface area contributed by atoms with Crippen LogP contribution >= 0.6 is 11.6 Å². The molecule has 100 valence electrons. The van der Waals surface area contributed by atoms with E-state index < -0.39 is 5.54 Å². The predicted molar refractivity (Wildman–Crippen MR) is 79.9 cm³/mol. The topological polar surface area (TPSA) is 29.3 Å². The normalized spacial score (nSPS) is 14.5. The maximum atomic E-state index is 6.58. The number of nitrogens with zero attached hydrogens (tertiary/aromatic N) is 1. The van der Waals surface area contributed by atoms with Crippen molar-refractivity contribution in [3.63, 3.8) is 0 Å². The van der Waals surface area contributed by atoms with Crippen molar-refractivity contribution in [3.05, 3.63) is 47.5 Å². The van der Waals surface area contributed by atoms with Gasteiger partial charge in [0, 0.05) is 11.6 Å². The highest BCUT2D eigenvalue weighted by molar-refractivity contribution is 6.30. The highest BCUT2D eigenvalue weighted by Gasteiger charge is 2.27. The summed E-state index contributed by atoms with van der Waals surface area (Å²) in [5.41, 5.74) is 7.30. The molecule has 2 N–H and O–H groups in total. The van der Waals surface area contributed by atoms with Gasteiger partial charge < -0.3 is 10.6 Å². The number of halogens is 1. The molecule has 1 atom stereocenters. The molecule has 0 aliphatic rings. The van der Waals surface area contributed by atoms with Crippen molar-refractivity contribution in [2.45, 2.75) is 25.8 Å². The average molecular weight is 267 g/mol. The SMILES string of the molecule is C=CCC(N)(CN(CC)CC)c1ccc(Cl)cc1. The zero-order valence-corrected chi connectivity index (χ0v) is 12.1. The Morgan fingerprint density at radius 3 is 2.28 bits per heavy atom. The van der Waals surface area contributed by atoms with Gasteiger partial charge >= 0.3 is 0 Å². The molecule has 0 saturated heterocycles. The van der Waals surface area contributed by atoms with E-state index in [0.29, 0.717) is 0 Å². The Morgan fingerprint density at radius 2 is 1.83 bits per heavy atom. The number of nitrogens with two attached hydrogens (primary N) is 1. The Labute approximate surface area is 115 Å². The van der Waals surface area contributed by atoms with Crippen molar-refractivity contribution in [2.24, 2.45) is 5.73 Å². The number of benzene rings is 1. The van der Waals surface area contributed by atoms with Crippen LogP contribution in [0, 0.1) is 0 Å². The van der Waals surface area contributed by atoms with Crippen molar-refractivity contribution in [1.29, 1.82) is 0 Å². The van der Waals surface area contributed by atoms with Gasteiger partial charge in [-0.2, -0.15) is 0 Å². The van der Waals surface area contributed by atoms with Gasteiger partial charge in [0.1, 0.15) is 0 Å². The lowest BCUT2D eigenvalue weighted by atomic mass is 9.87. The molecule has 1 rings (SSSR count). The van der Waals surface area contributed by atoms with E-state index in [-0.39, 0.29) is 0 Å².